The summed E-state index contributed by atoms with van der Waals surface area (Å²) in [5.41, 5.74) is 4.20. The molecule has 1 N–H and O–H groups in total. The number of hydrogen-bond donors (Lipinski definition) is 1. The van der Waals surface area contributed by atoms with Crippen LogP contribution in [0, 0.1) is 0 Å². The summed E-state index contributed by atoms with van der Waals surface area (Å²) in [6.45, 7) is 6.55. The van der Waals surface area contributed by atoms with Crippen molar-refractivity contribution in [2.75, 3.05) is 0 Å². The first-order valence-corrected chi connectivity index (χ1v) is 8.50. The van der Waals surface area contributed by atoms with Gasteiger partial charge in [-0.25, -0.2) is 4.79 Å². The van der Waals surface area contributed by atoms with Gasteiger partial charge in [0, 0.05) is 11.9 Å². The Bertz CT molecular complexity index is 945. The van der Waals surface area contributed by atoms with Crippen LogP contribution in [0.4, 0.5) is 5.69 Å². The molecule has 0 spiro atoms. The van der Waals surface area contributed by atoms with Gasteiger partial charge in [-0.1, -0.05) is 39.0 Å². The van der Waals surface area contributed by atoms with Crippen molar-refractivity contribution < 1.29 is 9.90 Å². The lowest BCUT2D eigenvalue weighted by atomic mass is 9.87. The van der Waals surface area contributed by atoms with Crippen molar-refractivity contribution in [2.24, 2.45) is 4.99 Å². The van der Waals surface area contributed by atoms with Crippen LogP contribution < -0.4 is 0 Å². The highest BCUT2D eigenvalue weighted by molar-refractivity contribution is 5.88. The molecule has 1 aromatic heterocycles. The highest BCUT2D eigenvalue weighted by atomic mass is 16.4. The molecule has 0 saturated carbocycles. The van der Waals surface area contributed by atoms with E-state index in [0.29, 0.717) is 0 Å². The fourth-order valence-electron chi connectivity index (χ4n) is 2.71. The lowest BCUT2D eigenvalue weighted by molar-refractivity contribution is 0.0697. The minimum atomic E-state index is -0.937. The molecule has 132 valence electrons. The van der Waals surface area contributed by atoms with E-state index >= 15 is 0 Å². The van der Waals surface area contributed by atoms with Crippen molar-refractivity contribution in [2.45, 2.75) is 26.2 Å². The maximum Gasteiger partial charge on any atom is 0.335 e. The quantitative estimate of drug-likeness (QED) is 0.658. The van der Waals surface area contributed by atoms with Crippen molar-refractivity contribution in [3.05, 3.63) is 83.7 Å². The van der Waals surface area contributed by atoms with E-state index in [4.69, 9.17) is 0 Å². The molecule has 2 aromatic carbocycles. The summed E-state index contributed by atoms with van der Waals surface area (Å²) in [5, 5.41) is 9.17. The summed E-state index contributed by atoms with van der Waals surface area (Å²) in [4.78, 5) is 15.7. The minimum Gasteiger partial charge on any atom is -0.478 e. The van der Waals surface area contributed by atoms with Crippen LogP contribution in [-0.2, 0) is 5.41 Å². The van der Waals surface area contributed by atoms with Crippen LogP contribution in [0.25, 0.3) is 5.69 Å². The number of hydrogen-bond acceptors (Lipinski definition) is 2. The molecule has 0 fully saturated rings. The normalized spacial score (nSPS) is 11.8. The van der Waals surface area contributed by atoms with Gasteiger partial charge < -0.3 is 9.67 Å². The second-order valence-electron chi connectivity index (χ2n) is 7.21. The number of carbonyl (C=O) groups is 1. The molecule has 26 heavy (non-hydrogen) atoms. The fraction of sp³-hybridized carbons (Fsp3) is 0.182. The predicted octanol–water partition coefficient (Wildman–Crippen LogP) is 5.22. The zero-order valence-corrected chi connectivity index (χ0v) is 15.2. The summed E-state index contributed by atoms with van der Waals surface area (Å²) in [5.74, 6) is -0.937. The molecule has 0 aliphatic rings. The SMILES string of the molecule is CC(C)(C)c1ccc(N=Cc2cccn2-c2cccc(C(=O)O)c2)cc1. The van der Waals surface area contributed by atoms with E-state index < -0.39 is 5.97 Å². The van der Waals surface area contributed by atoms with Gasteiger partial charge in [0.15, 0.2) is 0 Å². The van der Waals surface area contributed by atoms with Crippen LogP contribution >= 0.6 is 0 Å². The molecule has 0 saturated heterocycles. The third kappa shape index (κ3) is 3.91. The zero-order valence-electron chi connectivity index (χ0n) is 15.2. The first-order valence-electron chi connectivity index (χ1n) is 8.50. The Morgan fingerprint density at radius 2 is 1.77 bits per heavy atom. The number of carboxylic acids is 1. The van der Waals surface area contributed by atoms with E-state index in [1.807, 2.05) is 41.1 Å². The molecule has 0 bridgehead atoms. The monoisotopic (exact) mass is 346 g/mol. The van der Waals surface area contributed by atoms with Crippen LogP contribution in [0.15, 0.2) is 71.9 Å². The molecule has 4 heteroatoms. The predicted molar refractivity (Wildman–Crippen MR) is 105 cm³/mol. The zero-order chi connectivity index (χ0) is 18.7. The second kappa shape index (κ2) is 7.00. The number of aromatic nitrogens is 1. The first-order chi connectivity index (χ1) is 12.3. The lowest BCUT2D eigenvalue weighted by Crippen LogP contribution is -2.10. The van der Waals surface area contributed by atoms with Crippen molar-refractivity contribution in [1.82, 2.24) is 4.57 Å². The fourth-order valence-corrected chi connectivity index (χ4v) is 2.71. The van der Waals surface area contributed by atoms with Gasteiger partial charge in [-0.2, -0.15) is 0 Å². The van der Waals surface area contributed by atoms with Crippen molar-refractivity contribution >= 4 is 17.9 Å². The van der Waals surface area contributed by atoms with Gasteiger partial charge in [0.1, 0.15) is 0 Å². The van der Waals surface area contributed by atoms with E-state index in [-0.39, 0.29) is 11.0 Å². The van der Waals surface area contributed by atoms with Gasteiger partial charge in [0.05, 0.1) is 23.2 Å². The third-order valence-electron chi connectivity index (χ3n) is 4.23. The van der Waals surface area contributed by atoms with Gasteiger partial charge in [-0.15, -0.1) is 0 Å². The van der Waals surface area contributed by atoms with Gasteiger partial charge in [-0.05, 0) is 53.4 Å². The van der Waals surface area contributed by atoms with Gasteiger partial charge in [0.25, 0.3) is 0 Å². The molecular formula is C22H22N2O2. The molecule has 0 radical (unpaired) electrons. The number of nitrogens with zero attached hydrogens (tertiary/aromatic N) is 2. The average molecular weight is 346 g/mol. The highest BCUT2D eigenvalue weighted by Crippen LogP contribution is 2.24. The van der Waals surface area contributed by atoms with Crippen LogP contribution in [-0.4, -0.2) is 21.9 Å². The Hall–Kier alpha value is -3.14. The summed E-state index contributed by atoms with van der Waals surface area (Å²) in [6, 6.07) is 18.9. The molecule has 0 unspecified atom stereocenters. The highest BCUT2D eigenvalue weighted by Gasteiger charge is 2.12. The van der Waals surface area contributed by atoms with Crippen molar-refractivity contribution in [1.29, 1.82) is 0 Å². The number of carboxylic acid groups (broad SMARTS) is 1. The van der Waals surface area contributed by atoms with Crippen LogP contribution in [0.3, 0.4) is 0 Å². The van der Waals surface area contributed by atoms with Crippen LogP contribution in [0.1, 0.15) is 42.4 Å². The standard InChI is InChI=1S/C22H22N2O2/c1-22(2,3)17-9-11-18(12-10-17)23-15-20-8-5-13-24(20)19-7-4-6-16(14-19)21(25)26/h4-15H,1-3H3,(H,25,26). The maximum atomic E-state index is 11.2. The number of benzene rings is 2. The van der Waals surface area contributed by atoms with Gasteiger partial charge in [0.2, 0.25) is 0 Å². The Balaban J connectivity index is 1.86. The van der Waals surface area contributed by atoms with E-state index in [1.165, 1.54) is 5.56 Å². The summed E-state index contributed by atoms with van der Waals surface area (Å²) >= 11 is 0. The summed E-state index contributed by atoms with van der Waals surface area (Å²) < 4.78 is 1.92. The number of rotatable bonds is 4. The Labute approximate surface area is 153 Å². The van der Waals surface area contributed by atoms with Crippen molar-refractivity contribution in [3.8, 4) is 5.69 Å². The largest absolute Gasteiger partial charge is 0.478 e. The molecule has 0 aliphatic carbocycles. The Kier molecular flexibility index (Phi) is 4.76. The number of aromatic carboxylic acids is 1. The molecule has 0 amide bonds. The summed E-state index contributed by atoms with van der Waals surface area (Å²) in [6.07, 6.45) is 3.69. The average Bonchev–Trinajstić information content (AvgIpc) is 3.08. The van der Waals surface area contributed by atoms with Crippen LogP contribution in [0.5, 0.6) is 0 Å². The molecule has 0 atom stereocenters. The molecule has 3 rings (SSSR count). The molecule has 1 heterocycles. The molecule has 0 aliphatic heterocycles. The summed E-state index contributed by atoms with van der Waals surface area (Å²) in [7, 11) is 0. The van der Waals surface area contributed by atoms with Gasteiger partial charge >= 0.3 is 5.97 Å². The Morgan fingerprint density at radius 1 is 1.04 bits per heavy atom. The third-order valence-corrected chi connectivity index (χ3v) is 4.23. The smallest absolute Gasteiger partial charge is 0.335 e. The minimum absolute atomic E-state index is 0.117. The molecular weight excluding hydrogens is 324 g/mol. The van der Waals surface area contributed by atoms with Crippen molar-refractivity contribution in [3.63, 3.8) is 0 Å². The topological polar surface area (TPSA) is 54.6 Å². The Morgan fingerprint density at radius 3 is 2.42 bits per heavy atom. The lowest BCUT2D eigenvalue weighted by Gasteiger charge is -2.18. The molecule has 3 aromatic rings. The molecule has 4 nitrogen and oxygen atoms in total. The van der Waals surface area contributed by atoms with Crippen LogP contribution in [0.2, 0.25) is 0 Å². The van der Waals surface area contributed by atoms with E-state index in [2.05, 4.69) is 37.9 Å². The van der Waals surface area contributed by atoms with E-state index in [9.17, 15) is 9.90 Å². The number of aliphatic imine (C=N–C) groups is 1. The van der Waals surface area contributed by atoms with Gasteiger partial charge in [-0.3, -0.25) is 4.99 Å². The second-order valence-corrected chi connectivity index (χ2v) is 7.21. The van der Waals surface area contributed by atoms with E-state index in [1.54, 1.807) is 24.4 Å². The first kappa shape index (κ1) is 17.7. The maximum absolute atomic E-state index is 11.2. The van der Waals surface area contributed by atoms with E-state index in [0.717, 1.165) is 17.1 Å².